The van der Waals surface area contributed by atoms with Gasteiger partial charge in [0, 0.05) is 30.9 Å². The number of hydrogen-bond acceptors (Lipinski definition) is 4. The molecule has 2 rings (SSSR count). The molecule has 1 fully saturated rings. The van der Waals surface area contributed by atoms with Crippen LogP contribution in [0.2, 0.25) is 0 Å². The molecule has 1 heterocycles. The third kappa shape index (κ3) is 3.93. The largest absolute Gasteiger partial charge is 0.393 e. The van der Waals surface area contributed by atoms with Crippen LogP contribution in [0.5, 0.6) is 0 Å². The zero-order valence-corrected chi connectivity index (χ0v) is 11.9. The van der Waals surface area contributed by atoms with Gasteiger partial charge in [0.1, 0.15) is 5.69 Å². The van der Waals surface area contributed by atoms with E-state index >= 15 is 0 Å². The Balaban J connectivity index is 1.92. The molecule has 1 aromatic rings. The van der Waals surface area contributed by atoms with Gasteiger partial charge in [-0.3, -0.25) is 9.78 Å². The van der Waals surface area contributed by atoms with Gasteiger partial charge in [0.25, 0.3) is 5.91 Å². The predicted molar refractivity (Wildman–Crippen MR) is 78.7 cm³/mol. The number of carbonyl (C=O) groups is 1. The summed E-state index contributed by atoms with van der Waals surface area (Å²) in [6.45, 7) is 3.21. The van der Waals surface area contributed by atoms with E-state index in [1.54, 1.807) is 12.3 Å². The van der Waals surface area contributed by atoms with Gasteiger partial charge in [-0.2, -0.15) is 0 Å². The van der Waals surface area contributed by atoms with Gasteiger partial charge in [-0.1, -0.05) is 12.8 Å². The van der Waals surface area contributed by atoms with Crippen LogP contribution in [0.25, 0.3) is 0 Å². The molecule has 1 saturated carbocycles. The van der Waals surface area contributed by atoms with Crippen LogP contribution in [0.1, 0.15) is 43.1 Å². The van der Waals surface area contributed by atoms with Gasteiger partial charge in [0.05, 0.1) is 6.10 Å². The average molecular weight is 277 g/mol. The van der Waals surface area contributed by atoms with Gasteiger partial charge in [-0.15, -0.1) is 0 Å². The summed E-state index contributed by atoms with van der Waals surface area (Å²) in [7, 11) is 0. The van der Waals surface area contributed by atoms with Gasteiger partial charge >= 0.3 is 0 Å². The van der Waals surface area contributed by atoms with E-state index in [0.29, 0.717) is 18.2 Å². The zero-order chi connectivity index (χ0) is 14.4. The van der Waals surface area contributed by atoms with E-state index in [4.69, 9.17) is 0 Å². The number of aliphatic hydroxyl groups excluding tert-OH is 1. The molecule has 3 N–H and O–H groups in total. The number of aromatic nitrogens is 1. The van der Waals surface area contributed by atoms with Crippen molar-refractivity contribution in [1.29, 1.82) is 0 Å². The van der Waals surface area contributed by atoms with E-state index in [1.807, 2.05) is 13.0 Å². The Labute approximate surface area is 119 Å². The van der Waals surface area contributed by atoms with Crippen LogP contribution < -0.4 is 10.6 Å². The molecule has 0 bridgehead atoms. The van der Waals surface area contributed by atoms with Gasteiger partial charge in [0.15, 0.2) is 0 Å². The molecular weight excluding hydrogens is 254 g/mol. The number of nitrogens with one attached hydrogen (secondary N) is 2. The van der Waals surface area contributed by atoms with Crippen molar-refractivity contribution in [3.05, 3.63) is 24.0 Å². The van der Waals surface area contributed by atoms with E-state index in [1.165, 1.54) is 6.42 Å². The standard InChI is InChI=1S/C15H23N3O2/c1-2-16-15(20)13-9-12(7-8-17-13)18-10-11-5-3-4-6-14(11)19/h7-9,11,14,19H,2-6,10H2,1H3,(H,16,20)(H,17,18). The molecule has 0 spiro atoms. The number of aliphatic hydroxyl groups is 1. The summed E-state index contributed by atoms with van der Waals surface area (Å²) in [5.41, 5.74) is 1.29. The van der Waals surface area contributed by atoms with Crippen LogP contribution in [0, 0.1) is 5.92 Å². The Kier molecular flexibility index (Phi) is 5.35. The van der Waals surface area contributed by atoms with Crippen LogP contribution in [0.15, 0.2) is 18.3 Å². The first-order valence-corrected chi connectivity index (χ1v) is 7.37. The van der Waals surface area contributed by atoms with E-state index in [9.17, 15) is 9.90 Å². The fourth-order valence-electron chi connectivity index (χ4n) is 2.59. The van der Waals surface area contributed by atoms with E-state index < -0.39 is 0 Å². The van der Waals surface area contributed by atoms with Crippen molar-refractivity contribution < 1.29 is 9.90 Å². The van der Waals surface area contributed by atoms with E-state index in [2.05, 4.69) is 15.6 Å². The molecular formula is C15H23N3O2. The first kappa shape index (κ1) is 14.8. The van der Waals surface area contributed by atoms with Crippen molar-refractivity contribution in [2.24, 2.45) is 5.92 Å². The summed E-state index contributed by atoms with van der Waals surface area (Å²) in [6, 6.07) is 3.60. The first-order chi connectivity index (χ1) is 9.70. The number of carbonyl (C=O) groups excluding carboxylic acids is 1. The molecule has 2 unspecified atom stereocenters. The maximum absolute atomic E-state index is 11.7. The summed E-state index contributed by atoms with van der Waals surface area (Å²) in [5, 5.41) is 16.0. The molecule has 1 aromatic heterocycles. The lowest BCUT2D eigenvalue weighted by Crippen LogP contribution is -2.30. The van der Waals surface area contributed by atoms with Gasteiger partial charge in [-0.25, -0.2) is 0 Å². The normalized spacial score (nSPS) is 22.3. The summed E-state index contributed by atoms with van der Waals surface area (Å²) in [5.74, 6) is 0.138. The van der Waals surface area contributed by atoms with E-state index in [-0.39, 0.29) is 12.0 Å². The molecule has 1 aliphatic rings. The Bertz CT molecular complexity index is 450. The minimum atomic E-state index is -0.207. The quantitative estimate of drug-likeness (QED) is 0.767. The van der Waals surface area contributed by atoms with Crippen molar-refractivity contribution in [3.63, 3.8) is 0 Å². The first-order valence-electron chi connectivity index (χ1n) is 7.37. The lowest BCUT2D eigenvalue weighted by Gasteiger charge is -2.28. The Morgan fingerprint density at radius 1 is 1.45 bits per heavy atom. The molecule has 5 heteroatoms. The monoisotopic (exact) mass is 277 g/mol. The Hall–Kier alpha value is -1.62. The van der Waals surface area contributed by atoms with Crippen molar-refractivity contribution >= 4 is 11.6 Å². The predicted octanol–water partition coefficient (Wildman–Crippen LogP) is 1.79. The Morgan fingerprint density at radius 3 is 3.00 bits per heavy atom. The number of nitrogens with zero attached hydrogens (tertiary/aromatic N) is 1. The number of anilines is 1. The van der Waals surface area contributed by atoms with Crippen molar-refractivity contribution in [1.82, 2.24) is 10.3 Å². The average Bonchev–Trinajstić information content (AvgIpc) is 2.47. The minimum Gasteiger partial charge on any atom is -0.393 e. The van der Waals surface area contributed by atoms with Crippen LogP contribution in [-0.2, 0) is 0 Å². The maximum Gasteiger partial charge on any atom is 0.269 e. The van der Waals surface area contributed by atoms with Crippen molar-refractivity contribution in [3.8, 4) is 0 Å². The number of hydrogen-bond donors (Lipinski definition) is 3. The highest BCUT2D eigenvalue weighted by Gasteiger charge is 2.22. The molecule has 0 aromatic carbocycles. The van der Waals surface area contributed by atoms with Gasteiger partial charge in [0.2, 0.25) is 0 Å². The summed E-state index contributed by atoms with van der Waals surface area (Å²) < 4.78 is 0. The van der Waals surface area contributed by atoms with Gasteiger partial charge < -0.3 is 15.7 Å². The maximum atomic E-state index is 11.7. The SMILES string of the molecule is CCNC(=O)c1cc(NCC2CCCCC2O)ccn1. The fraction of sp³-hybridized carbons (Fsp3) is 0.600. The van der Waals surface area contributed by atoms with Crippen LogP contribution in [-0.4, -0.2) is 35.2 Å². The fourth-order valence-corrected chi connectivity index (χ4v) is 2.59. The van der Waals surface area contributed by atoms with Gasteiger partial charge in [-0.05, 0) is 31.9 Å². The lowest BCUT2D eigenvalue weighted by molar-refractivity contribution is 0.0763. The summed E-state index contributed by atoms with van der Waals surface area (Å²) in [6.07, 6.45) is 5.68. The molecule has 1 amide bonds. The zero-order valence-electron chi connectivity index (χ0n) is 11.9. The topological polar surface area (TPSA) is 74.2 Å². The second kappa shape index (κ2) is 7.24. The van der Waals surface area contributed by atoms with Crippen LogP contribution >= 0.6 is 0 Å². The molecule has 0 radical (unpaired) electrons. The summed E-state index contributed by atoms with van der Waals surface area (Å²) in [4.78, 5) is 15.8. The highest BCUT2D eigenvalue weighted by molar-refractivity contribution is 5.93. The molecule has 2 atom stereocenters. The molecule has 20 heavy (non-hydrogen) atoms. The third-order valence-electron chi connectivity index (χ3n) is 3.77. The molecule has 110 valence electrons. The third-order valence-corrected chi connectivity index (χ3v) is 3.77. The minimum absolute atomic E-state index is 0.158. The number of pyridine rings is 1. The van der Waals surface area contributed by atoms with Crippen molar-refractivity contribution in [2.45, 2.75) is 38.7 Å². The highest BCUT2D eigenvalue weighted by atomic mass is 16.3. The van der Waals surface area contributed by atoms with E-state index in [0.717, 1.165) is 31.5 Å². The second-order valence-corrected chi connectivity index (χ2v) is 5.28. The summed E-state index contributed by atoms with van der Waals surface area (Å²) >= 11 is 0. The lowest BCUT2D eigenvalue weighted by atomic mass is 9.86. The smallest absolute Gasteiger partial charge is 0.269 e. The van der Waals surface area contributed by atoms with Crippen LogP contribution in [0.4, 0.5) is 5.69 Å². The molecule has 0 saturated heterocycles. The second-order valence-electron chi connectivity index (χ2n) is 5.28. The Morgan fingerprint density at radius 2 is 2.25 bits per heavy atom. The number of amides is 1. The van der Waals surface area contributed by atoms with Crippen LogP contribution in [0.3, 0.4) is 0 Å². The van der Waals surface area contributed by atoms with Crippen molar-refractivity contribution in [2.75, 3.05) is 18.4 Å². The molecule has 1 aliphatic carbocycles. The molecule has 5 nitrogen and oxygen atoms in total. The molecule has 0 aliphatic heterocycles. The number of rotatable bonds is 5. The highest BCUT2D eigenvalue weighted by Crippen LogP contribution is 2.24.